The number of thiazole rings is 1. The Morgan fingerprint density at radius 2 is 1.96 bits per heavy atom. The van der Waals surface area contributed by atoms with Gasteiger partial charge in [0.15, 0.2) is 5.13 Å². The van der Waals surface area contributed by atoms with Gasteiger partial charge >= 0.3 is 5.97 Å². The van der Waals surface area contributed by atoms with Crippen molar-refractivity contribution in [2.75, 3.05) is 12.4 Å². The molecule has 0 saturated carbocycles. The van der Waals surface area contributed by atoms with Crippen molar-refractivity contribution in [1.29, 1.82) is 0 Å². The van der Waals surface area contributed by atoms with Crippen LogP contribution < -0.4 is 10.1 Å². The number of carbonyl (C=O) groups excluding carboxylic acids is 1. The molecule has 0 aliphatic carbocycles. The first-order valence-electron chi connectivity index (χ1n) is 8.16. The molecule has 1 unspecified atom stereocenters. The van der Waals surface area contributed by atoms with Crippen LogP contribution in [0.3, 0.4) is 0 Å². The Morgan fingerprint density at radius 3 is 2.63 bits per heavy atom. The Kier molecular flexibility index (Phi) is 5.66. The number of carbonyl (C=O) groups is 2. The minimum absolute atomic E-state index is 0.0110. The number of aromatic nitrogens is 1. The zero-order valence-corrected chi connectivity index (χ0v) is 15.3. The molecule has 1 aromatic heterocycles. The van der Waals surface area contributed by atoms with Crippen LogP contribution in [0, 0.1) is 5.82 Å². The smallest absolute Gasteiger partial charge is 0.303 e. The predicted octanol–water partition coefficient (Wildman–Crippen LogP) is 4.03. The van der Waals surface area contributed by atoms with Crippen LogP contribution in [0.1, 0.15) is 24.3 Å². The third-order valence-electron chi connectivity index (χ3n) is 4.04. The van der Waals surface area contributed by atoms with Crippen LogP contribution in [-0.2, 0) is 9.59 Å². The van der Waals surface area contributed by atoms with Gasteiger partial charge in [0.05, 0.1) is 23.7 Å². The average Bonchev–Trinajstić information content (AvgIpc) is 3.02. The summed E-state index contributed by atoms with van der Waals surface area (Å²) in [5, 5.41) is 12.2. The van der Waals surface area contributed by atoms with Crippen LogP contribution in [0.25, 0.3) is 10.2 Å². The van der Waals surface area contributed by atoms with Crippen molar-refractivity contribution >= 4 is 38.6 Å². The number of nitrogens with zero attached hydrogens (tertiary/aromatic N) is 1. The molecule has 0 aliphatic rings. The van der Waals surface area contributed by atoms with Crippen molar-refractivity contribution < 1.29 is 23.8 Å². The van der Waals surface area contributed by atoms with E-state index >= 15 is 0 Å². The molecule has 8 heteroatoms. The van der Waals surface area contributed by atoms with Gasteiger partial charge < -0.3 is 15.2 Å². The zero-order chi connectivity index (χ0) is 19.4. The largest absolute Gasteiger partial charge is 0.497 e. The normalized spacial score (nSPS) is 11.9. The summed E-state index contributed by atoms with van der Waals surface area (Å²) in [6.45, 7) is 0. The Hall–Kier alpha value is -3.00. The standard InChI is InChI=1S/C19H17FN2O4S/c1-26-14-5-2-11(3-6-14)12(9-18(24)25)8-17(23)22-19-21-15-7-4-13(20)10-16(15)27-19/h2-7,10,12H,8-9H2,1H3,(H,24,25)(H,21,22,23). The summed E-state index contributed by atoms with van der Waals surface area (Å²) >= 11 is 1.17. The number of fused-ring (bicyclic) bond motifs is 1. The molecule has 2 N–H and O–H groups in total. The van der Waals surface area contributed by atoms with Crippen molar-refractivity contribution in [3.63, 3.8) is 0 Å². The third kappa shape index (κ3) is 4.79. The minimum Gasteiger partial charge on any atom is -0.497 e. The van der Waals surface area contributed by atoms with E-state index in [1.54, 1.807) is 37.4 Å². The van der Waals surface area contributed by atoms with Gasteiger partial charge in [0.1, 0.15) is 11.6 Å². The summed E-state index contributed by atoms with van der Waals surface area (Å²) in [5.74, 6) is -1.54. The van der Waals surface area contributed by atoms with E-state index in [0.717, 1.165) is 5.56 Å². The second-order valence-electron chi connectivity index (χ2n) is 5.95. The molecule has 0 radical (unpaired) electrons. The molecule has 3 aromatic rings. The van der Waals surface area contributed by atoms with Crippen LogP contribution >= 0.6 is 11.3 Å². The van der Waals surface area contributed by atoms with Crippen LogP contribution in [0.4, 0.5) is 9.52 Å². The van der Waals surface area contributed by atoms with Gasteiger partial charge in [-0.2, -0.15) is 0 Å². The molecule has 27 heavy (non-hydrogen) atoms. The monoisotopic (exact) mass is 388 g/mol. The summed E-state index contributed by atoms with van der Waals surface area (Å²) in [5.41, 5.74) is 1.33. The maximum Gasteiger partial charge on any atom is 0.303 e. The SMILES string of the molecule is COc1ccc(C(CC(=O)O)CC(=O)Nc2nc3ccc(F)cc3s2)cc1. The first-order chi connectivity index (χ1) is 12.9. The first-order valence-corrected chi connectivity index (χ1v) is 8.98. The van der Waals surface area contributed by atoms with Crippen LogP contribution in [-0.4, -0.2) is 29.1 Å². The molecule has 1 atom stereocenters. The number of hydrogen-bond donors (Lipinski definition) is 2. The maximum absolute atomic E-state index is 13.3. The van der Waals surface area contributed by atoms with Gasteiger partial charge in [-0.05, 0) is 35.9 Å². The molecule has 0 bridgehead atoms. The highest BCUT2D eigenvalue weighted by Crippen LogP contribution is 2.29. The number of nitrogens with one attached hydrogen (secondary N) is 1. The van der Waals surface area contributed by atoms with Gasteiger partial charge in [-0.1, -0.05) is 23.5 Å². The lowest BCUT2D eigenvalue weighted by molar-refractivity contribution is -0.137. The number of rotatable bonds is 7. The van der Waals surface area contributed by atoms with Crippen molar-refractivity contribution in [2.24, 2.45) is 0 Å². The van der Waals surface area contributed by atoms with Gasteiger partial charge in [0.25, 0.3) is 0 Å². The average molecular weight is 388 g/mol. The van der Waals surface area contributed by atoms with Crippen molar-refractivity contribution in [3.8, 4) is 5.75 Å². The summed E-state index contributed by atoms with van der Waals surface area (Å²) in [4.78, 5) is 27.8. The number of halogens is 1. The summed E-state index contributed by atoms with van der Waals surface area (Å²) < 4.78 is 19.0. The zero-order valence-electron chi connectivity index (χ0n) is 14.4. The number of methoxy groups -OCH3 is 1. The predicted molar refractivity (Wildman–Crippen MR) is 101 cm³/mol. The third-order valence-corrected chi connectivity index (χ3v) is 4.97. The topological polar surface area (TPSA) is 88.5 Å². The van der Waals surface area contributed by atoms with Crippen LogP contribution in [0.15, 0.2) is 42.5 Å². The molecule has 0 aliphatic heterocycles. The summed E-state index contributed by atoms with van der Waals surface area (Å²) in [6.07, 6.45) is -0.187. The quantitative estimate of drug-likeness (QED) is 0.638. The molecule has 6 nitrogen and oxygen atoms in total. The molecule has 1 amide bonds. The molecule has 140 valence electrons. The number of carboxylic acid groups (broad SMARTS) is 1. The van der Waals surface area contributed by atoms with Gasteiger partial charge in [0, 0.05) is 12.3 Å². The number of carboxylic acids is 1. The number of benzene rings is 2. The maximum atomic E-state index is 13.3. The fraction of sp³-hybridized carbons (Fsp3) is 0.211. The van der Waals surface area contributed by atoms with Crippen molar-refractivity contribution in [3.05, 3.63) is 53.8 Å². The summed E-state index contributed by atoms with van der Waals surface area (Å²) in [6, 6.07) is 11.2. The van der Waals surface area contributed by atoms with E-state index in [1.165, 1.54) is 23.5 Å². The van der Waals surface area contributed by atoms with E-state index in [-0.39, 0.29) is 24.6 Å². The van der Waals surface area contributed by atoms with Crippen molar-refractivity contribution in [1.82, 2.24) is 4.98 Å². The Balaban J connectivity index is 1.73. The van der Waals surface area contributed by atoms with Crippen molar-refractivity contribution in [2.45, 2.75) is 18.8 Å². The highest BCUT2D eigenvalue weighted by molar-refractivity contribution is 7.22. The number of ether oxygens (including phenoxy) is 1. The molecular formula is C19H17FN2O4S. The van der Waals surface area contributed by atoms with E-state index in [4.69, 9.17) is 9.84 Å². The van der Waals surface area contributed by atoms with Gasteiger partial charge in [-0.15, -0.1) is 0 Å². The number of aliphatic carboxylic acids is 1. The number of hydrogen-bond acceptors (Lipinski definition) is 5. The van der Waals surface area contributed by atoms with E-state index in [2.05, 4.69) is 10.3 Å². The van der Waals surface area contributed by atoms with Gasteiger partial charge in [-0.3, -0.25) is 9.59 Å². The molecule has 0 saturated heterocycles. The van der Waals surface area contributed by atoms with E-state index in [9.17, 15) is 14.0 Å². The van der Waals surface area contributed by atoms with E-state index in [0.29, 0.717) is 21.1 Å². The first kappa shape index (κ1) is 18.8. The lowest BCUT2D eigenvalue weighted by Crippen LogP contribution is -2.17. The van der Waals surface area contributed by atoms with E-state index in [1.807, 2.05) is 0 Å². The Bertz CT molecular complexity index is 972. The summed E-state index contributed by atoms with van der Waals surface area (Å²) in [7, 11) is 1.54. The van der Waals surface area contributed by atoms with Crippen LogP contribution in [0.2, 0.25) is 0 Å². The van der Waals surface area contributed by atoms with Crippen LogP contribution in [0.5, 0.6) is 5.75 Å². The second kappa shape index (κ2) is 8.13. The fourth-order valence-corrected chi connectivity index (χ4v) is 3.65. The lowest BCUT2D eigenvalue weighted by Gasteiger charge is -2.15. The molecule has 2 aromatic carbocycles. The van der Waals surface area contributed by atoms with E-state index < -0.39 is 11.9 Å². The molecular weight excluding hydrogens is 371 g/mol. The minimum atomic E-state index is -0.987. The lowest BCUT2D eigenvalue weighted by atomic mass is 9.92. The molecule has 3 rings (SSSR count). The molecule has 0 fully saturated rings. The highest BCUT2D eigenvalue weighted by atomic mass is 32.1. The number of anilines is 1. The fourth-order valence-electron chi connectivity index (χ4n) is 2.74. The van der Waals surface area contributed by atoms with Gasteiger partial charge in [-0.25, -0.2) is 9.37 Å². The van der Waals surface area contributed by atoms with Gasteiger partial charge in [0.2, 0.25) is 5.91 Å². The second-order valence-corrected chi connectivity index (χ2v) is 6.98. The Morgan fingerprint density at radius 1 is 1.22 bits per heavy atom. The molecule has 0 spiro atoms. The highest BCUT2D eigenvalue weighted by Gasteiger charge is 2.20. The molecule has 1 heterocycles. The number of amides is 1. The Labute approximate surface area is 158 Å².